The second-order valence-electron chi connectivity index (χ2n) is 5.56. The number of aliphatic hydroxyl groups excluding tert-OH is 1. The van der Waals surface area contributed by atoms with Crippen molar-refractivity contribution >= 4 is 5.82 Å². The van der Waals surface area contributed by atoms with Gasteiger partial charge in [-0.2, -0.15) is 0 Å². The molecule has 1 fully saturated rings. The summed E-state index contributed by atoms with van der Waals surface area (Å²) in [6.45, 7) is 4.97. The molecule has 0 radical (unpaired) electrons. The molecule has 1 aromatic rings. The van der Waals surface area contributed by atoms with Crippen molar-refractivity contribution in [3.8, 4) is 0 Å². The van der Waals surface area contributed by atoms with Crippen molar-refractivity contribution in [3.05, 3.63) is 23.9 Å². The number of nitrogens with one attached hydrogen (secondary N) is 1. The molecule has 4 heteroatoms. The smallest absolute Gasteiger partial charge is 0.128 e. The van der Waals surface area contributed by atoms with Crippen molar-refractivity contribution in [1.29, 1.82) is 0 Å². The zero-order valence-electron chi connectivity index (χ0n) is 12.5. The number of hydrogen-bond acceptors (Lipinski definition) is 4. The van der Waals surface area contributed by atoms with Gasteiger partial charge in [0, 0.05) is 25.3 Å². The fourth-order valence-electron chi connectivity index (χ4n) is 2.91. The molecule has 0 spiro atoms. The third-order valence-electron chi connectivity index (χ3n) is 3.97. The highest BCUT2D eigenvalue weighted by Gasteiger charge is 2.23. The summed E-state index contributed by atoms with van der Waals surface area (Å²) >= 11 is 0. The van der Waals surface area contributed by atoms with Gasteiger partial charge in [0.25, 0.3) is 0 Å². The number of pyridine rings is 1. The number of aliphatic hydroxyl groups is 1. The van der Waals surface area contributed by atoms with E-state index in [9.17, 15) is 5.11 Å². The molecule has 20 heavy (non-hydrogen) atoms. The first-order chi connectivity index (χ1) is 9.85. The molecule has 1 saturated carbocycles. The standard InChI is InChI=1S/C16H27N3O/c1-2-9-17-12-14-7-8-16(18-13-14)19(10-11-20)15-5-3-4-6-15/h7-8,13,15,17,20H,2-6,9-12H2,1H3. The minimum Gasteiger partial charge on any atom is -0.395 e. The lowest BCUT2D eigenvalue weighted by atomic mass is 10.2. The number of rotatable bonds is 8. The van der Waals surface area contributed by atoms with Crippen LogP contribution in [-0.2, 0) is 6.54 Å². The lowest BCUT2D eigenvalue weighted by Gasteiger charge is -2.29. The minimum atomic E-state index is 0.192. The predicted octanol–water partition coefficient (Wildman–Crippen LogP) is 2.32. The van der Waals surface area contributed by atoms with Gasteiger partial charge in [-0.3, -0.25) is 0 Å². The molecule has 112 valence electrons. The molecule has 0 atom stereocenters. The summed E-state index contributed by atoms with van der Waals surface area (Å²) in [4.78, 5) is 6.87. The van der Waals surface area contributed by atoms with E-state index in [1.165, 1.54) is 31.2 Å². The van der Waals surface area contributed by atoms with Crippen molar-refractivity contribution in [2.24, 2.45) is 0 Å². The molecule has 0 aliphatic heterocycles. The number of anilines is 1. The van der Waals surface area contributed by atoms with Crippen molar-refractivity contribution in [1.82, 2.24) is 10.3 Å². The third-order valence-corrected chi connectivity index (χ3v) is 3.97. The molecular formula is C16H27N3O. The Bertz CT molecular complexity index is 374. The van der Waals surface area contributed by atoms with Gasteiger partial charge < -0.3 is 15.3 Å². The van der Waals surface area contributed by atoms with Crippen LogP contribution >= 0.6 is 0 Å². The van der Waals surface area contributed by atoms with E-state index >= 15 is 0 Å². The lowest BCUT2D eigenvalue weighted by Crippen LogP contribution is -2.36. The first-order valence-corrected chi connectivity index (χ1v) is 7.88. The largest absolute Gasteiger partial charge is 0.395 e. The molecule has 0 unspecified atom stereocenters. The molecule has 2 rings (SSSR count). The summed E-state index contributed by atoms with van der Waals surface area (Å²) in [5.74, 6) is 1.00. The van der Waals surface area contributed by atoms with Gasteiger partial charge >= 0.3 is 0 Å². The highest BCUT2D eigenvalue weighted by atomic mass is 16.3. The molecule has 0 amide bonds. The van der Waals surface area contributed by atoms with Crippen LogP contribution in [0.25, 0.3) is 0 Å². The maximum atomic E-state index is 9.28. The number of nitrogens with zero attached hydrogens (tertiary/aromatic N) is 2. The van der Waals surface area contributed by atoms with Crippen LogP contribution in [0, 0.1) is 0 Å². The van der Waals surface area contributed by atoms with E-state index in [2.05, 4.69) is 34.3 Å². The molecule has 1 aliphatic carbocycles. The Morgan fingerprint density at radius 1 is 1.35 bits per heavy atom. The molecule has 0 bridgehead atoms. The summed E-state index contributed by atoms with van der Waals surface area (Å²) in [5, 5.41) is 12.7. The summed E-state index contributed by atoms with van der Waals surface area (Å²) in [5.41, 5.74) is 1.22. The molecule has 4 nitrogen and oxygen atoms in total. The average molecular weight is 277 g/mol. The van der Waals surface area contributed by atoms with Gasteiger partial charge in [0.05, 0.1) is 6.61 Å². The van der Waals surface area contributed by atoms with Crippen LogP contribution in [0.15, 0.2) is 18.3 Å². The van der Waals surface area contributed by atoms with E-state index in [0.29, 0.717) is 12.6 Å². The van der Waals surface area contributed by atoms with E-state index < -0.39 is 0 Å². The second-order valence-corrected chi connectivity index (χ2v) is 5.56. The summed E-state index contributed by atoms with van der Waals surface area (Å²) in [7, 11) is 0. The highest BCUT2D eigenvalue weighted by molar-refractivity contribution is 5.41. The van der Waals surface area contributed by atoms with Gasteiger partial charge in [-0.05, 0) is 37.4 Å². The van der Waals surface area contributed by atoms with E-state index in [1.54, 1.807) is 0 Å². The van der Waals surface area contributed by atoms with Gasteiger partial charge in [0.2, 0.25) is 0 Å². The quantitative estimate of drug-likeness (QED) is 0.716. The Kier molecular flexibility index (Phi) is 6.27. The first-order valence-electron chi connectivity index (χ1n) is 7.88. The first kappa shape index (κ1) is 15.3. The second kappa shape index (κ2) is 8.22. The third kappa shape index (κ3) is 4.18. The van der Waals surface area contributed by atoms with Crippen molar-refractivity contribution in [3.63, 3.8) is 0 Å². The molecule has 2 N–H and O–H groups in total. The molecular weight excluding hydrogens is 250 g/mol. The average Bonchev–Trinajstić information content (AvgIpc) is 3.00. The van der Waals surface area contributed by atoms with Crippen LogP contribution in [0.3, 0.4) is 0 Å². The summed E-state index contributed by atoms with van der Waals surface area (Å²) in [6, 6.07) is 4.79. The normalized spacial score (nSPS) is 15.7. The van der Waals surface area contributed by atoms with Gasteiger partial charge in [0.15, 0.2) is 0 Å². The topological polar surface area (TPSA) is 48.4 Å². The Morgan fingerprint density at radius 2 is 2.15 bits per heavy atom. The zero-order valence-corrected chi connectivity index (χ0v) is 12.5. The van der Waals surface area contributed by atoms with Crippen LogP contribution < -0.4 is 10.2 Å². The monoisotopic (exact) mass is 277 g/mol. The Balaban J connectivity index is 1.98. The van der Waals surface area contributed by atoms with Crippen LogP contribution in [0.1, 0.15) is 44.6 Å². The van der Waals surface area contributed by atoms with Crippen molar-refractivity contribution < 1.29 is 5.11 Å². The van der Waals surface area contributed by atoms with Crippen LogP contribution in [-0.4, -0.2) is 35.8 Å². The van der Waals surface area contributed by atoms with Crippen LogP contribution in [0.4, 0.5) is 5.82 Å². The zero-order chi connectivity index (χ0) is 14.2. The van der Waals surface area contributed by atoms with Gasteiger partial charge in [-0.15, -0.1) is 0 Å². The summed E-state index contributed by atoms with van der Waals surface area (Å²) < 4.78 is 0. The summed E-state index contributed by atoms with van der Waals surface area (Å²) in [6.07, 6.45) is 8.15. The number of hydrogen-bond donors (Lipinski definition) is 2. The van der Waals surface area contributed by atoms with E-state index in [-0.39, 0.29) is 6.61 Å². The van der Waals surface area contributed by atoms with Crippen LogP contribution in [0.5, 0.6) is 0 Å². The fraction of sp³-hybridized carbons (Fsp3) is 0.688. The van der Waals surface area contributed by atoms with E-state index in [4.69, 9.17) is 0 Å². The van der Waals surface area contributed by atoms with Crippen molar-refractivity contribution in [2.75, 3.05) is 24.6 Å². The Hall–Kier alpha value is -1.13. The lowest BCUT2D eigenvalue weighted by molar-refractivity contribution is 0.297. The molecule has 0 aromatic carbocycles. The van der Waals surface area contributed by atoms with Gasteiger partial charge in [-0.1, -0.05) is 25.8 Å². The highest BCUT2D eigenvalue weighted by Crippen LogP contribution is 2.26. The van der Waals surface area contributed by atoms with Crippen LogP contribution in [0.2, 0.25) is 0 Å². The van der Waals surface area contributed by atoms with E-state index in [0.717, 1.165) is 25.3 Å². The molecule has 1 aliphatic rings. The van der Waals surface area contributed by atoms with Crippen molar-refractivity contribution in [2.45, 2.75) is 51.6 Å². The van der Waals surface area contributed by atoms with Gasteiger partial charge in [0.1, 0.15) is 5.82 Å². The Labute approximate surface area is 122 Å². The minimum absolute atomic E-state index is 0.192. The Morgan fingerprint density at radius 3 is 2.75 bits per heavy atom. The number of aromatic nitrogens is 1. The maximum Gasteiger partial charge on any atom is 0.128 e. The molecule has 1 aromatic heterocycles. The SMILES string of the molecule is CCCNCc1ccc(N(CCO)C2CCCC2)nc1. The maximum absolute atomic E-state index is 9.28. The predicted molar refractivity (Wildman–Crippen MR) is 82.9 cm³/mol. The molecule has 1 heterocycles. The fourth-order valence-corrected chi connectivity index (χ4v) is 2.91. The van der Waals surface area contributed by atoms with E-state index in [1.807, 2.05) is 6.20 Å². The molecule has 0 saturated heterocycles. The van der Waals surface area contributed by atoms with Gasteiger partial charge in [-0.25, -0.2) is 4.98 Å².